The van der Waals surface area contributed by atoms with Crippen LogP contribution in [0.25, 0.3) is 0 Å². The first-order valence-electron chi connectivity index (χ1n) is 8.06. The second-order valence-corrected chi connectivity index (χ2v) is 5.82. The van der Waals surface area contributed by atoms with Gasteiger partial charge in [0.05, 0.1) is 12.8 Å². The van der Waals surface area contributed by atoms with E-state index in [1.165, 1.54) is 5.56 Å². The first-order valence-corrected chi connectivity index (χ1v) is 8.06. The molecule has 1 unspecified atom stereocenters. The Kier molecular flexibility index (Phi) is 4.67. The van der Waals surface area contributed by atoms with Gasteiger partial charge in [-0.05, 0) is 43.0 Å². The van der Waals surface area contributed by atoms with Gasteiger partial charge >= 0.3 is 0 Å². The smallest absolute Gasteiger partial charge is 0.191 e. The van der Waals surface area contributed by atoms with Crippen LogP contribution in [0, 0.1) is 0 Å². The Morgan fingerprint density at radius 1 is 1.26 bits per heavy atom. The number of aliphatic hydroxyl groups is 1. The summed E-state index contributed by atoms with van der Waals surface area (Å²) in [7, 11) is 0. The number of aryl methyl sites for hydroxylation is 1. The highest BCUT2D eigenvalue weighted by Crippen LogP contribution is 2.36. The van der Waals surface area contributed by atoms with Gasteiger partial charge in [-0.25, -0.2) is 4.99 Å². The number of fused-ring (bicyclic) bond motifs is 1. The lowest BCUT2D eigenvalue weighted by Crippen LogP contribution is -2.45. The van der Waals surface area contributed by atoms with Crippen LogP contribution < -0.4 is 10.6 Å². The van der Waals surface area contributed by atoms with E-state index >= 15 is 0 Å². The van der Waals surface area contributed by atoms with Gasteiger partial charge in [0.1, 0.15) is 17.9 Å². The van der Waals surface area contributed by atoms with Crippen LogP contribution in [0.4, 0.5) is 0 Å². The minimum Gasteiger partial charge on any atom is -0.467 e. The molecule has 2 aromatic rings. The molecule has 3 rings (SSSR count). The molecule has 1 aromatic carbocycles. The molecule has 3 N–H and O–H groups in total. The van der Waals surface area contributed by atoms with E-state index in [1.807, 2.05) is 37.3 Å². The molecule has 0 fully saturated rings. The van der Waals surface area contributed by atoms with E-state index in [0.29, 0.717) is 19.0 Å². The lowest BCUT2D eigenvalue weighted by Gasteiger charge is -2.25. The number of rotatable bonds is 5. The Hall–Kier alpha value is -2.27. The highest BCUT2D eigenvalue weighted by molar-refractivity contribution is 5.79. The first kappa shape index (κ1) is 15.6. The van der Waals surface area contributed by atoms with Crippen LogP contribution in [-0.2, 0) is 18.6 Å². The fourth-order valence-electron chi connectivity index (χ4n) is 2.98. The Labute approximate surface area is 136 Å². The Bertz CT molecular complexity index is 667. The number of aliphatic imine (C=N–C) groups is 1. The minimum atomic E-state index is -0.836. The van der Waals surface area contributed by atoms with Crippen LogP contribution in [0.5, 0.6) is 0 Å². The third-order valence-electron chi connectivity index (χ3n) is 4.19. The van der Waals surface area contributed by atoms with E-state index in [-0.39, 0.29) is 0 Å². The van der Waals surface area contributed by atoms with Crippen molar-refractivity contribution in [1.29, 1.82) is 0 Å². The van der Waals surface area contributed by atoms with Gasteiger partial charge in [0, 0.05) is 6.54 Å². The van der Waals surface area contributed by atoms with Gasteiger partial charge in [-0.1, -0.05) is 24.3 Å². The maximum Gasteiger partial charge on any atom is 0.191 e. The predicted molar refractivity (Wildman–Crippen MR) is 90.2 cm³/mol. The summed E-state index contributed by atoms with van der Waals surface area (Å²) < 4.78 is 5.29. The van der Waals surface area contributed by atoms with Crippen molar-refractivity contribution < 1.29 is 9.52 Å². The summed E-state index contributed by atoms with van der Waals surface area (Å²) in [6.45, 7) is 3.69. The number of furan rings is 1. The van der Waals surface area contributed by atoms with Gasteiger partial charge in [0.15, 0.2) is 5.96 Å². The van der Waals surface area contributed by atoms with Crippen molar-refractivity contribution in [1.82, 2.24) is 10.6 Å². The minimum absolute atomic E-state index is 0.438. The maximum atomic E-state index is 10.9. The lowest BCUT2D eigenvalue weighted by molar-refractivity contribution is 0.0432. The molecule has 1 heterocycles. The Morgan fingerprint density at radius 2 is 2.13 bits per heavy atom. The summed E-state index contributed by atoms with van der Waals surface area (Å²) in [5, 5.41) is 17.4. The van der Waals surface area contributed by atoms with Gasteiger partial charge in [-0.3, -0.25) is 0 Å². The van der Waals surface area contributed by atoms with Gasteiger partial charge < -0.3 is 20.2 Å². The SMILES string of the molecule is CCNC(=NCc1ccco1)NCC1(O)CCc2ccccc21. The largest absolute Gasteiger partial charge is 0.467 e. The number of nitrogens with one attached hydrogen (secondary N) is 2. The van der Waals surface area contributed by atoms with E-state index < -0.39 is 5.60 Å². The topological polar surface area (TPSA) is 69.8 Å². The van der Waals surface area contributed by atoms with Crippen LogP contribution in [-0.4, -0.2) is 24.2 Å². The Morgan fingerprint density at radius 3 is 2.91 bits per heavy atom. The molecule has 0 radical (unpaired) electrons. The van der Waals surface area contributed by atoms with E-state index in [2.05, 4.69) is 21.7 Å². The number of guanidine groups is 1. The van der Waals surface area contributed by atoms with Crippen molar-refractivity contribution in [2.24, 2.45) is 4.99 Å². The fraction of sp³-hybridized carbons (Fsp3) is 0.389. The van der Waals surface area contributed by atoms with Crippen LogP contribution in [0.3, 0.4) is 0 Å². The molecule has 5 heteroatoms. The molecule has 1 aliphatic carbocycles. The summed E-state index contributed by atoms with van der Waals surface area (Å²) in [6.07, 6.45) is 3.29. The number of hydrogen-bond donors (Lipinski definition) is 3. The fourth-order valence-corrected chi connectivity index (χ4v) is 2.98. The molecule has 0 bridgehead atoms. The highest BCUT2D eigenvalue weighted by atomic mass is 16.3. The van der Waals surface area contributed by atoms with Crippen molar-refractivity contribution in [3.8, 4) is 0 Å². The Balaban J connectivity index is 1.66. The third kappa shape index (κ3) is 3.56. The monoisotopic (exact) mass is 313 g/mol. The second kappa shape index (κ2) is 6.87. The molecule has 1 aliphatic rings. The van der Waals surface area contributed by atoms with E-state index in [0.717, 1.165) is 30.7 Å². The molecular weight excluding hydrogens is 290 g/mol. The van der Waals surface area contributed by atoms with Crippen molar-refractivity contribution in [2.45, 2.75) is 31.9 Å². The van der Waals surface area contributed by atoms with E-state index in [4.69, 9.17) is 4.42 Å². The molecular formula is C18H23N3O2. The number of hydrogen-bond acceptors (Lipinski definition) is 3. The second-order valence-electron chi connectivity index (χ2n) is 5.82. The van der Waals surface area contributed by atoms with Crippen molar-refractivity contribution in [2.75, 3.05) is 13.1 Å². The van der Waals surface area contributed by atoms with Gasteiger partial charge in [-0.15, -0.1) is 0 Å². The average molecular weight is 313 g/mol. The standard InChI is InChI=1S/C18H23N3O2/c1-2-19-17(20-12-15-7-5-11-23-15)21-13-18(22)10-9-14-6-3-4-8-16(14)18/h3-8,11,22H,2,9-10,12-13H2,1H3,(H2,19,20,21). The van der Waals surface area contributed by atoms with Gasteiger partial charge in [0.2, 0.25) is 0 Å². The van der Waals surface area contributed by atoms with Crippen LogP contribution in [0.1, 0.15) is 30.2 Å². The third-order valence-corrected chi connectivity index (χ3v) is 4.19. The summed E-state index contributed by atoms with van der Waals surface area (Å²) in [4.78, 5) is 4.49. The zero-order chi connectivity index (χ0) is 16.1. The first-order chi connectivity index (χ1) is 11.2. The summed E-state index contributed by atoms with van der Waals surface area (Å²) >= 11 is 0. The van der Waals surface area contributed by atoms with Crippen LogP contribution in [0.2, 0.25) is 0 Å². The molecule has 0 amide bonds. The lowest BCUT2D eigenvalue weighted by atomic mass is 9.96. The van der Waals surface area contributed by atoms with Gasteiger partial charge in [0.25, 0.3) is 0 Å². The van der Waals surface area contributed by atoms with E-state index in [9.17, 15) is 5.11 Å². The zero-order valence-corrected chi connectivity index (χ0v) is 13.4. The van der Waals surface area contributed by atoms with Crippen LogP contribution in [0.15, 0.2) is 52.1 Å². The molecule has 0 saturated heterocycles. The van der Waals surface area contributed by atoms with Crippen molar-refractivity contribution in [3.63, 3.8) is 0 Å². The van der Waals surface area contributed by atoms with E-state index in [1.54, 1.807) is 6.26 Å². The molecule has 5 nitrogen and oxygen atoms in total. The number of nitrogens with zero attached hydrogens (tertiary/aromatic N) is 1. The average Bonchev–Trinajstić information content (AvgIpc) is 3.20. The summed E-state index contributed by atoms with van der Waals surface area (Å²) in [5.41, 5.74) is 1.42. The molecule has 1 aromatic heterocycles. The molecule has 0 aliphatic heterocycles. The molecule has 1 atom stereocenters. The maximum absolute atomic E-state index is 10.9. The molecule has 0 saturated carbocycles. The summed E-state index contributed by atoms with van der Waals surface area (Å²) in [6, 6.07) is 11.8. The number of benzene rings is 1. The summed E-state index contributed by atoms with van der Waals surface area (Å²) in [5.74, 6) is 1.49. The predicted octanol–water partition coefficient (Wildman–Crippen LogP) is 2.17. The zero-order valence-electron chi connectivity index (χ0n) is 13.4. The molecule has 23 heavy (non-hydrogen) atoms. The highest BCUT2D eigenvalue weighted by Gasteiger charge is 2.36. The normalized spacial score (nSPS) is 20.3. The van der Waals surface area contributed by atoms with Gasteiger partial charge in [-0.2, -0.15) is 0 Å². The van der Waals surface area contributed by atoms with Crippen LogP contribution >= 0.6 is 0 Å². The molecule has 0 spiro atoms. The molecule has 122 valence electrons. The van der Waals surface area contributed by atoms with Crippen molar-refractivity contribution >= 4 is 5.96 Å². The van der Waals surface area contributed by atoms with Crippen molar-refractivity contribution in [3.05, 3.63) is 59.5 Å². The quantitative estimate of drug-likeness (QED) is 0.584.